The smallest absolute Gasteiger partial charge is 0.310 e. The fraction of sp³-hybridized carbons (Fsp3) is 0.789. The lowest BCUT2D eigenvalue weighted by Gasteiger charge is -2.02. The van der Waals surface area contributed by atoms with Crippen LogP contribution in [0.3, 0.4) is 0 Å². The van der Waals surface area contributed by atoms with E-state index in [1.165, 1.54) is 70.5 Å². The lowest BCUT2D eigenvalue weighted by molar-refractivity contribution is -0.138. The van der Waals surface area contributed by atoms with Gasteiger partial charge in [0, 0.05) is 13.3 Å². The van der Waals surface area contributed by atoms with Crippen molar-refractivity contribution in [2.75, 3.05) is 0 Å². The second-order valence-corrected chi connectivity index (χ2v) is 5.81. The van der Waals surface area contributed by atoms with Gasteiger partial charge >= 0.3 is 5.97 Å². The van der Waals surface area contributed by atoms with Gasteiger partial charge in [-0.3, -0.25) is 9.59 Å². The number of rotatable bonds is 14. The summed E-state index contributed by atoms with van der Waals surface area (Å²) in [6, 6.07) is 0. The van der Waals surface area contributed by atoms with Crippen molar-refractivity contribution in [2.45, 2.75) is 97.3 Å². The van der Waals surface area contributed by atoms with Crippen LogP contribution in [0, 0.1) is 0 Å². The standard InChI is InChI=1S/C17H32O2.C2H4O2/c1-3-5-6-7-8-9-10-11-12-13-14-15-16-17(18)19-4-2;1-2(3)4/h4H,2-3,5-16H2,1H3;1H3,(H,3,4). The largest absolute Gasteiger partial charge is 0.481 e. The van der Waals surface area contributed by atoms with Crippen LogP contribution in [0.4, 0.5) is 0 Å². The van der Waals surface area contributed by atoms with Gasteiger partial charge in [0.2, 0.25) is 0 Å². The van der Waals surface area contributed by atoms with Crippen molar-refractivity contribution in [1.82, 2.24) is 0 Å². The van der Waals surface area contributed by atoms with Crippen molar-refractivity contribution in [1.29, 1.82) is 0 Å². The third-order valence-corrected chi connectivity index (χ3v) is 3.45. The van der Waals surface area contributed by atoms with Gasteiger partial charge in [-0.25, -0.2) is 0 Å². The Balaban J connectivity index is 0. The molecule has 4 heteroatoms. The van der Waals surface area contributed by atoms with Gasteiger partial charge < -0.3 is 9.84 Å². The molecule has 0 fully saturated rings. The third kappa shape index (κ3) is 29.4. The first-order valence-electron chi connectivity index (χ1n) is 9.04. The zero-order chi connectivity index (χ0) is 17.8. The quantitative estimate of drug-likeness (QED) is 0.246. The maximum absolute atomic E-state index is 11.0. The van der Waals surface area contributed by atoms with Gasteiger partial charge in [0.15, 0.2) is 0 Å². The van der Waals surface area contributed by atoms with E-state index in [1.54, 1.807) is 0 Å². The van der Waals surface area contributed by atoms with E-state index in [2.05, 4.69) is 18.2 Å². The molecule has 0 aliphatic rings. The summed E-state index contributed by atoms with van der Waals surface area (Å²) in [5.41, 5.74) is 0. The number of carbonyl (C=O) groups excluding carboxylic acids is 1. The van der Waals surface area contributed by atoms with E-state index < -0.39 is 5.97 Å². The zero-order valence-corrected chi connectivity index (χ0v) is 15.1. The molecule has 0 atom stereocenters. The number of carboxylic acids is 1. The molecule has 0 unspecified atom stereocenters. The van der Waals surface area contributed by atoms with Gasteiger partial charge in [0.25, 0.3) is 5.97 Å². The van der Waals surface area contributed by atoms with E-state index in [9.17, 15) is 4.79 Å². The third-order valence-electron chi connectivity index (χ3n) is 3.45. The van der Waals surface area contributed by atoms with Gasteiger partial charge in [-0.2, -0.15) is 0 Å². The van der Waals surface area contributed by atoms with Crippen molar-refractivity contribution in [3.05, 3.63) is 12.8 Å². The monoisotopic (exact) mass is 328 g/mol. The second kappa shape index (κ2) is 20.7. The number of unbranched alkanes of at least 4 members (excludes halogenated alkanes) is 11. The Hall–Kier alpha value is -1.32. The zero-order valence-electron chi connectivity index (χ0n) is 15.1. The van der Waals surface area contributed by atoms with Gasteiger partial charge in [-0.1, -0.05) is 84.1 Å². The first-order valence-corrected chi connectivity index (χ1v) is 9.04. The Labute approximate surface area is 142 Å². The SMILES string of the molecule is C=COC(=O)CCCCCCCCCCCCCC.CC(=O)O. The number of hydrogen-bond acceptors (Lipinski definition) is 3. The van der Waals surface area contributed by atoms with E-state index in [-0.39, 0.29) is 5.97 Å². The first-order chi connectivity index (χ1) is 11.0. The molecule has 0 radical (unpaired) electrons. The molecule has 0 saturated heterocycles. The number of esters is 1. The van der Waals surface area contributed by atoms with Crippen LogP contribution in [0.1, 0.15) is 97.3 Å². The minimum atomic E-state index is -0.833. The Morgan fingerprint density at radius 2 is 1.22 bits per heavy atom. The van der Waals surface area contributed by atoms with E-state index >= 15 is 0 Å². The molecular weight excluding hydrogens is 292 g/mol. The fourth-order valence-electron chi connectivity index (χ4n) is 2.26. The number of ether oxygens (including phenoxy) is 1. The van der Waals surface area contributed by atoms with E-state index in [0.29, 0.717) is 6.42 Å². The highest BCUT2D eigenvalue weighted by Gasteiger charge is 1.99. The van der Waals surface area contributed by atoms with Crippen LogP contribution in [0.15, 0.2) is 12.8 Å². The van der Waals surface area contributed by atoms with Gasteiger partial charge in [0.1, 0.15) is 0 Å². The number of carboxylic acid groups (broad SMARTS) is 1. The highest BCUT2D eigenvalue weighted by molar-refractivity contribution is 5.69. The van der Waals surface area contributed by atoms with Crippen molar-refractivity contribution in [3.63, 3.8) is 0 Å². The normalized spacial score (nSPS) is 9.65. The van der Waals surface area contributed by atoms with Gasteiger partial charge in [0.05, 0.1) is 6.26 Å². The second-order valence-electron chi connectivity index (χ2n) is 5.81. The molecule has 0 bridgehead atoms. The molecule has 0 aromatic rings. The molecule has 0 spiro atoms. The van der Waals surface area contributed by atoms with E-state index in [0.717, 1.165) is 19.8 Å². The summed E-state index contributed by atoms with van der Waals surface area (Å²) in [4.78, 5) is 20.0. The predicted molar refractivity (Wildman–Crippen MR) is 95.3 cm³/mol. The van der Waals surface area contributed by atoms with Crippen molar-refractivity contribution >= 4 is 11.9 Å². The molecule has 0 aliphatic heterocycles. The summed E-state index contributed by atoms with van der Waals surface area (Å²) in [7, 11) is 0. The molecule has 0 heterocycles. The van der Waals surface area contributed by atoms with E-state index in [1.807, 2.05) is 0 Å². The molecule has 0 saturated carbocycles. The molecule has 136 valence electrons. The summed E-state index contributed by atoms with van der Waals surface area (Å²) in [5.74, 6) is -0.984. The number of hydrogen-bond donors (Lipinski definition) is 1. The molecule has 0 aromatic heterocycles. The van der Waals surface area contributed by atoms with Crippen LogP contribution < -0.4 is 0 Å². The molecule has 0 aromatic carbocycles. The highest BCUT2D eigenvalue weighted by atomic mass is 16.5. The lowest BCUT2D eigenvalue weighted by Crippen LogP contribution is -1.98. The van der Waals surface area contributed by atoms with Crippen LogP contribution in [-0.4, -0.2) is 17.0 Å². The lowest BCUT2D eigenvalue weighted by atomic mass is 10.0. The molecule has 23 heavy (non-hydrogen) atoms. The van der Waals surface area contributed by atoms with Crippen LogP contribution >= 0.6 is 0 Å². The summed E-state index contributed by atoms with van der Waals surface area (Å²) in [6.45, 7) is 6.71. The Morgan fingerprint density at radius 3 is 1.57 bits per heavy atom. The predicted octanol–water partition coefficient (Wildman–Crippen LogP) is 5.86. The highest BCUT2D eigenvalue weighted by Crippen LogP contribution is 2.12. The Bertz CT molecular complexity index is 283. The fourth-order valence-corrected chi connectivity index (χ4v) is 2.26. The molecule has 4 nitrogen and oxygen atoms in total. The first kappa shape index (κ1) is 23.9. The van der Waals surface area contributed by atoms with Gasteiger partial charge in [-0.15, -0.1) is 0 Å². The minimum Gasteiger partial charge on any atom is -0.481 e. The van der Waals surface area contributed by atoms with E-state index in [4.69, 9.17) is 9.90 Å². The molecule has 0 amide bonds. The van der Waals surface area contributed by atoms with Crippen molar-refractivity contribution in [2.24, 2.45) is 0 Å². The molecular formula is C19H36O4. The topological polar surface area (TPSA) is 63.6 Å². The van der Waals surface area contributed by atoms with Crippen LogP contribution in [0.25, 0.3) is 0 Å². The maximum atomic E-state index is 11.0. The summed E-state index contributed by atoms with van der Waals surface area (Å²) < 4.78 is 4.67. The number of carbonyl (C=O) groups is 2. The van der Waals surface area contributed by atoms with Gasteiger partial charge in [-0.05, 0) is 6.42 Å². The molecule has 1 N–H and O–H groups in total. The average molecular weight is 328 g/mol. The van der Waals surface area contributed by atoms with Crippen LogP contribution in [0.2, 0.25) is 0 Å². The Kier molecular flexibility index (Phi) is 21.5. The van der Waals surface area contributed by atoms with Crippen LogP contribution in [-0.2, 0) is 14.3 Å². The average Bonchev–Trinajstić information content (AvgIpc) is 2.48. The maximum Gasteiger partial charge on any atom is 0.310 e. The summed E-state index contributed by atoms with van der Waals surface area (Å²) in [6.07, 6.45) is 17.5. The van der Waals surface area contributed by atoms with Crippen molar-refractivity contribution < 1.29 is 19.4 Å². The molecule has 0 aliphatic carbocycles. The molecule has 0 rings (SSSR count). The number of aliphatic carboxylic acids is 1. The minimum absolute atomic E-state index is 0.151. The van der Waals surface area contributed by atoms with Crippen molar-refractivity contribution in [3.8, 4) is 0 Å². The Morgan fingerprint density at radius 1 is 0.870 bits per heavy atom. The van der Waals surface area contributed by atoms with Crippen LogP contribution in [0.5, 0.6) is 0 Å². The summed E-state index contributed by atoms with van der Waals surface area (Å²) in [5, 5.41) is 7.42. The summed E-state index contributed by atoms with van der Waals surface area (Å²) >= 11 is 0.